The van der Waals surface area contributed by atoms with Gasteiger partial charge < -0.3 is 9.84 Å². The van der Waals surface area contributed by atoms with Gasteiger partial charge in [-0.15, -0.1) is 0 Å². The molecule has 0 saturated carbocycles. The smallest absolute Gasteiger partial charge is 0.294 e. The number of ether oxygens (including phenoxy) is 1. The van der Waals surface area contributed by atoms with Crippen LogP contribution in [0.2, 0.25) is 0 Å². The number of hydrogen-bond acceptors (Lipinski definition) is 4. The third-order valence-corrected chi connectivity index (χ3v) is 3.30. The van der Waals surface area contributed by atoms with Crippen molar-refractivity contribution in [2.24, 2.45) is 0 Å². The van der Waals surface area contributed by atoms with E-state index in [9.17, 15) is 13.5 Å². The monoisotopic (exact) mass is 230 g/mol. The van der Waals surface area contributed by atoms with E-state index in [1.54, 1.807) is 6.92 Å². The van der Waals surface area contributed by atoms with Gasteiger partial charge in [-0.05, 0) is 12.1 Å². The molecule has 0 amide bonds. The van der Waals surface area contributed by atoms with E-state index in [4.69, 9.17) is 9.29 Å². The van der Waals surface area contributed by atoms with Crippen molar-refractivity contribution >= 4 is 10.1 Å². The van der Waals surface area contributed by atoms with E-state index in [1.807, 2.05) is 0 Å². The van der Waals surface area contributed by atoms with Crippen LogP contribution in [0.15, 0.2) is 17.0 Å². The van der Waals surface area contributed by atoms with Gasteiger partial charge in [0.2, 0.25) is 0 Å². The highest BCUT2D eigenvalue weighted by Crippen LogP contribution is 2.43. The molecular weight excluding hydrogens is 220 g/mol. The lowest BCUT2D eigenvalue weighted by Crippen LogP contribution is -2.03. The minimum absolute atomic E-state index is 0.109. The average Bonchev–Trinajstić information content (AvgIpc) is 2.48. The number of phenolic OH excluding ortho intramolecular Hbond substituents is 1. The first-order valence-electron chi connectivity index (χ1n) is 4.37. The van der Waals surface area contributed by atoms with Gasteiger partial charge in [0.1, 0.15) is 4.90 Å². The Morgan fingerprint density at radius 2 is 2.13 bits per heavy atom. The second kappa shape index (κ2) is 3.11. The second-order valence-corrected chi connectivity index (χ2v) is 4.90. The SMILES string of the molecule is CC1COc2c(O)ccc(S(=O)(=O)O)c21. The Balaban J connectivity index is 2.76. The van der Waals surface area contributed by atoms with Gasteiger partial charge >= 0.3 is 0 Å². The maximum atomic E-state index is 11.1. The third-order valence-electron chi connectivity index (χ3n) is 2.38. The minimum Gasteiger partial charge on any atom is -0.504 e. The second-order valence-electron chi connectivity index (χ2n) is 3.51. The van der Waals surface area contributed by atoms with Crippen molar-refractivity contribution in [2.45, 2.75) is 17.7 Å². The Morgan fingerprint density at radius 3 is 2.73 bits per heavy atom. The third kappa shape index (κ3) is 1.55. The molecule has 1 aliphatic heterocycles. The van der Waals surface area contributed by atoms with Gasteiger partial charge in [0, 0.05) is 11.5 Å². The Kier molecular flexibility index (Phi) is 2.13. The highest BCUT2D eigenvalue weighted by molar-refractivity contribution is 7.85. The summed E-state index contributed by atoms with van der Waals surface area (Å²) in [6.07, 6.45) is 0. The van der Waals surface area contributed by atoms with E-state index in [2.05, 4.69) is 0 Å². The molecule has 0 saturated heterocycles. The van der Waals surface area contributed by atoms with Crippen LogP contribution >= 0.6 is 0 Å². The zero-order chi connectivity index (χ0) is 11.2. The number of hydrogen-bond donors (Lipinski definition) is 2. The predicted octanol–water partition coefficient (Wildman–Crippen LogP) is 1.13. The van der Waals surface area contributed by atoms with Gasteiger partial charge in [-0.3, -0.25) is 4.55 Å². The van der Waals surface area contributed by atoms with Crippen molar-refractivity contribution in [3.05, 3.63) is 17.7 Å². The molecule has 5 nitrogen and oxygen atoms in total. The molecule has 15 heavy (non-hydrogen) atoms. The van der Waals surface area contributed by atoms with Crippen LogP contribution in [0.3, 0.4) is 0 Å². The molecule has 0 bridgehead atoms. The largest absolute Gasteiger partial charge is 0.504 e. The van der Waals surface area contributed by atoms with Crippen LogP contribution in [0.1, 0.15) is 18.4 Å². The maximum Gasteiger partial charge on any atom is 0.294 e. The first-order valence-corrected chi connectivity index (χ1v) is 5.81. The molecule has 1 aromatic rings. The topological polar surface area (TPSA) is 83.8 Å². The normalized spacial score (nSPS) is 19.7. The van der Waals surface area contributed by atoms with Crippen molar-refractivity contribution in [1.29, 1.82) is 0 Å². The minimum atomic E-state index is -4.27. The molecular formula is C9H10O5S. The number of aromatic hydroxyl groups is 1. The molecule has 0 spiro atoms. The van der Waals surface area contributed by atoms with Gasteiger partial charge in [-0.25, -0.2) is 0 Å². The Hall–Kier alpha value is -1.27. The highest BCUT2D eigenvalue weighted by Gasteiger charge is 2.30. The number of benzene rings is 1. The van der Waals surface area contributed by atoms with Gasteiger partial charge in [-0.2, -0.15) is 8.42 Å². The number of rotatable bonds is 1. The lowest BCUT2D eigenvalue weighted by atomic mass is 10.0. The summed E-state index contributed by atoms with van der Waals surface area (Å²) < 4.78 is 36.3. The molecule has 0 radical (unpaired) electrons. The van der Waals surface area contributed by atoms with Crippen molar-refractivity contribution < 1.29 is 22.8 Å². The molecule has 2 rings (SSSR count). The summed E-state index contributed by atoms with van der Waals surface area (Å²) in [5.74, 6) is -0.122. The molecule has 0 aliphatic carbocycles. The van der Waals surface area contributed by atoms with Gasteiger partial charge in [-0.1, -0.05) is 6.92 Å². The van der Waals surface area contributed by atoms with Crippen LogP contribution in [-0.4, -0.2) is 24.7 Å². The molecule has 82 valence electrons. The molecule has 1 unspecified atom stereocenters. The molecule has 0 fully saturated rings. The van der Waals surface area contributed by atoms with Crippen LogP contribution < -0.4 is 4.74 Å². The summed E-state index contributed by atoms with van der Waals surface area (Å²) >= 11 is 0. The van der Waals surface area contributed by atoms with E-state index < -0.39 is 10.1 Å². The summed E-state index contributed by atoms with van der Waals surface area (Å²) in [5, 5.41) is 9.44. The molecule has 1 heterocycles. The van der Waals surface area contributed by atoms with Crippen LogP contribution in [0, 0.1) is 0 Å². The quantitative estimate of drug-likeness (QED) is 0.706. The summed E-state index contributed by atoms with van der Waals surface area (Å²) in [6, 6.07) is 2.37. The highest BCUT2D eigenvalue weighted by atomic mass is 32.2. The number of phenols is 1. The molecule has 0 aromatic heterocycles. The van der Waals surface area contributed by atoms with E-state index in [0.717, 1.165) is 0 Å². The van der Waals surface area contributed by atoms with E-state index in [-0.39, 0.29) is 22.3 Å². The summed E-state index contributed by atoms with van der Waals surface area (Å²) in [4.78, 5) is -0.194. The zero-order valence-corrected chi connectivity index (χ0v) is 8.78. The van der Waals surface area contributed by atoms with Crippen LogP contribution in [0.4, 0.5) is 0 Å². The van der Waals surface area contributed by atoms with Crippen LogP contribution in [-0.2, 0) is 10.1 Å². The van der Waals surface area contributed by atoms with E-state index >= 15 is 0 Å². The Morgan fingerprint density at radius 1 is 1.47 bits per heavy atom. The van der Waals surface area contributed by atoms with E-state index in [1.165, 1.54) is 12.1 Å². The van der Waals surface area contributed by atoms with Gasteiger partial charge in [0.25, 0.3) is 10.1 Å². The first-order chi connectivity index (χ1) is 6.91. The van der Waals surface area contributed by atoms with Crippen LogP contribution in [0.5, 0.6) is 11.5 Å². The van der Waals surface area contributed by atoms with Crippen LogP contribution in [0.25, 0.3) is 0 Å². The standard InChI is InChI=1S/C9H10O5S/c1-5-4-14-9-6(10)2-3-7(8(5)9)15(11,12)13/h2-3,5,10H,4H2,1H3,(H,11,12,13). The van der Waals surface area contributed by atoms with Gasteiger partial charge in [0.05, 0.1) is 6.61 Å². The van der Waals surface area contributed by atoms with Gasteiger partial charge in [0.15, 0.2) is 11.5 Å². The zero-order valence-electron chi connectivity index (χ0n) is 7.97. The summed E-state index contributed by atoms with van der Waals surface area (Å²) in [6.45, 7) is 2.06. The molecule has 6 heteroatoms. The van der Waals surface area contributed by atoms with Crippen molar-refractivity contribution in [3.63, 3.8) is 0 Å². The lowest BCUT2D eigenvalue weighted by Gasteiger charge is -2.07. The fourth-order valence-corrected chi connectivity index (χ4v) is 2.52. The summed E-state index contributed by atoms with van der Waals surface area (Å²) in [5.41, 5.74) is 0.345. The average molecular weight is 230 g/mol. The molecule has 2 N–H and O–H groups in total. The fourth-order valence-electron chi connectivity index (χ4n) is 1.70. The Labute approximate surface area is 87.1 Å². The predicted molar refractivity (Wildman–Crippen MR) is 51.8 cm³/mol. The van der Waals surface area contributed by atoms with Crippen molar-refractivity contribution in [1.82, 2.24) is 0 Å². The lowest BCUT2D eigenvalue weighted by molar-refractivity contribution is 0.320. The van der Waals surface area contributed by atoms with Crippen molar-refractivity contribution in [2.75, 3.05) is 6.61 Å². The maximum absolute atomic E-state index is 11.1. The first kappa shape index (κ1) is 10.3. The van der Waals surface area contributed by atoms with E-state index in [0.29, 0.717) is 12.2 Å². The number of fused-ring (bicyclic) bond motifs is 1. The molecule has 1 aliphatic rings. The summed E-state index contributed by atoms with van der Waals surface area (Å²) in [7, 11) is -4.27. The van der Waals surface area contributed by atoms with Crippen molar-refractivity contribution in [3.8, 4) is 11.5 Å². The molecule has 1 aromatic carbocycles. The molecule has 1 atom stereocenters. The fraction of sp³-hybridized carbons (Fsp3) is 0.333. The Bertz CT molecular complexity index is 505.